The summed E-state index contributed by atoms with van der Waals surface area (Å²) in [5.74, 6) is -0.344. The maximum atomic E-state index is 12.5. The number of phosphoric ester groups is 1. The van der Waals surface area contributed by atoms with E-state index in [-0.39, 0.29) is 25.5 Å². The Morgan fingerprint density at radius 3 is 1.70 bits per heavy atom. The van der Waals surface area contributed by atoms with Crippen molar-refractivity contribution in [2.24, 2.45) is 5.73 Å². The number of unbranched alkanes of at least 4 members (excludes halogenated alkanes) is 2. The summed E-state index contributed by atoms with van der Waals surface area (Å²) in [6.07, 6.45) is 40.7. The summed E-state index contributed by atoms with van der Waals surface area (Å²) in [5, 5.41) is 13.4. The number of aliphatic hydroxyl groups is 1. The van der Waals surface area contributed by atoms with E-state index in [1.807, 2.05) is 18.2 Å². The Labute approximate surface area is 266 Å². The smallest absolute Gasteiger partial charge is 0.387 e. The van der Waals surface area contributed by atoms with Crippen molar-refractivity contribution >= 4 is 13.7 Å². The van der Waals surface area contributed by atoms with Crippen LogP contribution in [-0.2, 0) is 18.4 Å². The zero-order valence-electron chi connectivity index (χ0n) is 26.8. The van der Waals surface area contributed by atoms with Gasteiger partial charge in [0.15, 0.2) is 0 Å². The van der Waals surface area contributed by atoms with E-state index in [2.05, 4.69) is 86.0 Å². The van der Waals surface area contributed by atoms with Crippen LogP contribution in [0, 0.1) is 0 Å². The molecular formula is C35H57N2O6P. The van der Waals surface area contributed by atoms with Crippen LogP contribution >= 0.6 is 7.82 Å². The van der Waals surface area contributed by atoms with Crippen molar-refractivity contribution in [1.82, 2.24) is 5.32 Å². The van der Waals surface area contributed by atoms with E-state index >= 15 is 0 Å². The lowest BCUT2D eigenvalue weighted by Gasteiger charge is -2.23. The minimum Gasteiger partial charge on any atom is -0.387 e. The van der Waals surface area contributed by atoms with Crippen molar-refractivity contribution in [3.05, 3.63) is 97.2 Å². The lowest BCUT2D eigenvalue weighted by atomic mass is 10.1. The zero-order chi connectivity index (χ0) is 32.6. The molecule has 0 aliphatic heterocycles. The maximum Gasteiger partial charge on any atom is 0.472 e. The molecule has 0 fully saturated rings. The van der Waals surface area contributed by atoms with Crippen LogP contribution in [0.5, 0.6) is 0 Å². The summed E-state index contributed by atoms with van der Waals surface area (Å²) in [7, 11) is -4.37. The van der Waals surface area contributed by atoms with Crippen LogP contribution in [0.1, 0.15) is 84.5 Å². The van der Waals surface area contributed by atoms with Crippen molar-refractivity contribution in [3.8, 4) is 0 Å². The van der Waals surface area contributed by atoms with Crippen LogP contribution in [0.3, 0.4) is 0 Å². The van der Waals surface area contributed by atoms with Crippen molar-refractivity contribution in [2.45, 2.75) is 96.6 Å². The largest absolute Gasteiger partial charge is 0.472 e. The highest BCUT2D eigenvalue weighted by atomic mass is 31.2. The molecule has 0 saturated heterocycles. The van der Waals surface area contributed by atoms with Crippen LogP contribution in [0.4, 0.5) is 0 Å². The topological polar surface area (TPSA) is 131 Å². The minimum atomic E-state index is -4.37. The zero-order valence-corrected chi connectivity index (χ0v) is 27.7. The van der Waals surface area contributed by atoms with E-state index in [0.29, 0.717) is 12.8 Å². The molecule has 8 nitrogen and oxygen atoms in total. The number of allylic oxidation sites excluding steroid dienone is 14. The van der Waals surface area contributed by atoms with Crippen LogP contribution in [0.25, 0.3) is 0 Å². The number of amides is 1. The molecule has 0 aromatic carbocycles. The van der Waals surface area contributed by atoms with Crippen molar-refractivity contribution < 1.29 is 28.4 Å². The monoisotopic (exact) mass is 632 g/mol. The molecule has 248 valence electrons. The first-order valence-electron chi connectivity index (χ1n) is 15.9. The molecule has 0 aliphatic carbocycles. The molecule has 0 aromatic rings. The molecule has 0 saturated carbocycles. The highest BCUT2D eigenvalue weighted by molar-refractivity contribution is 7.47. The fraction of sp³-hybridized carbons (Fsp3) is 0.514. The number of nitrogens with one attached hydrogen (secondary N) is 1. The molecule has 0 spiro atoms. The Morgan fingerprint density at radius 2 is 1.18 bits per heavy atom. The van der Waals surface area contributed by atoms with Gasteiger partial charge < -0.3 is 21.1 Å². The van der Waals surface area contributed by atoms with Crippen LogP contribution in [-0.4, -0.2) is 47.8 Å². The molecule has 0 aromatic heterocycles. The van der Waals surface area contributed by atoms with Gasteiger partial charge in [0, 0.05) is 13.0 Å². The molecule has 9 heteroatoms. The Hall–Kier alpha value is -2.58. The van der Waals surface area contributed by atoms with Gasteiger partial charge in [-0.2, -0.15) is 0 Å². The van der Waals surface area contributed by atoms with Gasteiger partial charge in [-0.1, -0.05) is 111 Å². The Kier molecular flexibility index (Phi) is 28.7. The number of nitrogens with two attached hydrogens (primary N) is 1. The molecular weight excluding hydrogens is 575 g/mol. The summed E-state index contributed by atoms with van der Waals surface area (Å²) >= 11 is 0. The molecule has 0 bridgehead atoms. The van der Waals surface area contributed by atoms with Gasteiger partial charge in [0.1, 0.15) is 0 Å². The van der Waals surface area contributed by atoms with Gasteiger partial charge in [0.05, 0.1) is 25.4 Å². The minimum absolute atomic E-state index is 0.0522. The van der Waals surface area contributed by atoms with Gasteiger partial charge in [-0.15, -0.1) is 0 Å². The number of aliphatic hydroxyl groups excluding tert-OH is 1. The first kappa shape index (κ1) is 41.4. The Bertz CT molecular complexity index is 997. The average molecular weight is 633 g/mol. The average Bonchev–Trinajstić information content (AvgIpc) is 3.01. The predicted octanol–water partition coefficient (Wildman–Crippen LogP) is 7.70. The number of hydrogen-bond acceptors (Lipinski definition) is 6. The van der Waals surface area contributed by atoms with Crippen molar-refractivity contribution in [1.29, 1.82) is 0 Å². The Morgan fingerprint density at radius 1 is 0.727 bits per heavy atom. The summed E-state index contributed by atoms with van der Waals surface area (Å²) in [6.45, 7) is 3.73. The van der Waals surface area contributed by atoms with Crippen molar-refractivity contribution in [2.75, 3.05) is 19.8 Å². The lowest BCUT2D eigenvalue weighted by Crippen LogP contribution is -2.45. The fourth-order valence-electron chi connectivity index (χ4n) is 3.59. The molecule has 3 atom stereocenters. The summed E-state index contributed by atoms with van der Waals surface area (Å²) < 4.78 is 21.8. The van der Waals surface area contributed by atoms with Gasteiger partial charge in [-0.25, -0.2) is 4.57 Å². The summed E-state index contributed by atoms with van der Waals surface area (Å²) in [5.41, 5.74) is 5.32. The van der Waals surface area contributed by atoms with E-state index in [9.17, 15) is 19.4 Å². The number of rotatable bonds is 27. The van der Waals surface area contributed by atoms with Gasteiger partial charge in [0.2, 0.25) is 5.91 Å². The quantitative estimate of drug-likeness (QED) is 0.0415. The van der Waals surface area contributed by atoms with Crippen molar-refractivity contribution in [3.63, 3.8) is 0 Å². The first-order valence-corrected chi connectivity index (χ1v) is 17.4. The molecule has 44 heavy (non-hydrogen) atoms. The number of phosphoric acid groups is 1. The lowest BCUT2D eigenvalue weighted by molar-refractivity contribution is -0.122. The van der Waals surface area contributed by atoms with Gasteiger partial charge in [0.25, 0.3) is 0 Å². The molecule has 5 N–H and O–H groups in total. The SMILES string of the molecule is CC/C=C\C/C=C\C/C=C\C/C=C\C/C=C\CC(=O)NC(COP(=O)(O)OCCN)C(O)/C=C/CC/C=C/CC/C=C/CC. The third-order valence-corrected chi connectivity index (χ3v) is 6.90. The van der Waals surface area contributed by atoms with Gasteiger partial charge >= 0.3 is 7.82 Å². The molecule has 0 radical (unpaired) electrons. The predicted molar refractivity (Wildman–Crippen MR) is 184 cm³/mol. The standard InChI is InChI=1S/C35H57N2O6P/c1-3-5-7-9-11-13-15-16-17-18-19-21-23-25-27-29-35(39)37-33(32-43-44(40,41)42-31-30-36)34(38)28-26-24-22-20-14-12-10-8-6-4-2/h5-8,11,13-14,16-17,19-21,25-28,33-34,38H,3-4,9-10,12,15,18,22-24,29-32,36H2,1-2H3,(H,37,39)(H,40,41)/b7-5-,8-6+,13-11-,17-16-,20-14+,21-19-,27-25-,28-26+. The number of carbonyl (C=O) groups excluding carboxylic acids is 1. The van der Waals surface area contributed by atoms with Gasteiger partial charge in [-0.3, -0.25) is 13.8 Å². The third-order valence-electron chi connectivity index (χ3n) is 5.91. The maximum absolute atomic E-state index is 12.5. The normalized spacial score (nSPS) is 15.8. The fourth-order valence-corrected chi connectivity index (χ4v) is 4.35. The Balaban J connectivity index is 4.68. The van der Waals surface area contributed by atoms with E-state index in [4.69, 9.17) is 14.8 Å². The second kappa shape index (κ2) is 30.4. The summed E-state index contributed by atoms with van der Waals surface area (Å²) in [4.78, 5) is 22.4. The highest BCUT2D eigenvalue weighted by Gasteiger charge is 2.26. The van der Waals surface area contributed by atoms with Crippen LogP contribution < -0.4 is 11.1 Å². The highest BCUT2D eigenvalue weighted by Crippen LogP contribution is 2.43. The molecule has 3 unspecified atom stereocenters. The molecule has 1 amide bonds. The first-order chi connectivity index (χ1) is 21.4. The summed E-state index contributed by atoms with van der Waals surface area (Å²) in [6, 6.07) is -0.940. The van der Waals surface area contributed by atoms with E-state index in [0.717, 1.165) is 51.4 Å². The van der Waals surface area contributed by atoms with E-state index < -0.39 is 26.6 Å². The second-order valence-electron chi connectivity index (χ2n) is 9.90. The molecule has 0 heterocycles. The van der Waals surface area contributed by atoms with Gasteiger partial charge in [-0.05, 0) is 64.2 Å². The number of carbonyl (C=O) groups is 1. The number of hydrogen-bond donors (Lipinski definition) is 4. The van der Waals surface area contributed by atoms with E-state index in [1.165, 1.54) is 0 Å². The van der Waals surface area contributed by atoms with Crippen LogP contribution in [0.2, 0.25) is 0 Å². The molecule has 0 rings (SSSR count). The van der Waals surface area contributed by atoms with E-state index in [1.54, 1.807) is 12.2 Å². The molecule has 0 aliphatic rings. The van der Waals surface area contributed by atoms with Crippen LogP contribution in [0.15, 0.2) is 97.2 Å². The third kappa shape index (κ3) is 28.2. The second-order valence-corrected chi connectivity index (χ2v) is 11.4.